The second-order valence-electron chi connectivity index (χ2n) is 8.26. The van der Waals surface area contributed by atoms with Crippen LogP contribution in [0.2, 0.25) is 0 Å². The molecule has 34 heavy (non-hydrogen) atoms. The first-order valence-electron chi connectivity index (χ1n) is 11.0. The van der Waals surface area contributed by atoms with Gasteiger partial charge in [0.15, 0.2) is 0 Å². The number of carbonyl (C=O) groups is 3. The number of aromatic amines is 1. The van der Waals surface area contributed by atoms with Crippen LogP contribution in [0.3, 0.4) is 0 Å². The number of alkyl carbamates (subject to hydrolysis) is 1. The number of rotatable bonds is 8. The van der Waals surface area contributed by atoms with Crippen molar-refractivity contribution in [2.45, 2.75) is 38.8 Å². The zero-order chi connectivity index (χ0) is 24.2. The largest absolute Gasteiger partial charge is 0.481 e. The molecule has 0 saturated carbocycles. The topological polar surface area (TPSA) is 133 Å². The van der Waals surface area contributed by atoms with Crippen LogP contribution in [0.5, 0.6) is 0 Å². The van der Waals surface area contributed by atoms with Crippen LogP contribution < -0.4 is 10.6 Å². The standard InChI is InChI=1S/C25H26N4O5/c1-14-15(2)28-29-22(14)12-26-24(32)21(11-23(30)31)27-25(33)34-13-20-18-9-5-3-7-16(18)17-8-4-6-10-19(17)20/h3-10,20-21H,11-13H2,1-2H3,(H,26,32)(H,27,33)(H,28,29)(H,30,31). The summed E-state index contributed by atoms with van der Waals surface area (Å²) in [5, 5.41) is 21.2. The van der Waals surface area contributed by atoms with E-state index < -0.39 is 30.4 Å². The van der Waals surface area contributed by atoms with Crippen molar-refractivity contribution in [1.29, 1.82) is 0 Å². The second kappa shape index (κ2) is 9.78. The van der Waals surface area contributed by atoms with Crippen molar-refractivity contribution in [3.05, 3.63) is 76.6 Å². The molecule has 0 aliphatic heterocycles. The summed E-state index contributed by atoms with van der Waals surface area (Å²) in [7, 11) is 0. The van der Waals surface area contributed by atoms with E-state index in [1.54, 1.807) is 0 Å². The van der Waals surface area contributed by atoms with Crippen LogP contribution in [-0.4, -0.2) is 45.9 Å². The monoisotopic (exact) mass is 462 g/mol. The normalized spacial score (nSPS) is 13.0. The highest BCUT2D eigenvalue weighted by Gasteiger charge is 2.30. The van der Waals surface area contributed by atoms with E-state index >= 15 is 0 Å². The number of hydrogen-bond donors (Lipinski definition) is 4. The fraction of sp³-hybridized carbons (Fsp3) is 0.280. The molecule has 0 bridgehead atoms. The number of nitrogens with one attached hydrogen (secondary N) is 3. The van der Waals surface area contributed by atoms with E-state index in [1.165, 1.54) is 0 Å². The molecule has 176 valence electrons. The molecule has 0 spiro atoms. The van der Waals surface area contributed by atoms with Gasteiger partial charge in [0.2, 0.25) is 5.91 Å². The van der Waals surface area contributed by atoms with Crippen molar-refractivity contribution >= 4 is 18.0 Å². The molecule has 1 aromatic heterocycles. The molecular formula is C25H26N4O5. The van der Waals surface area contributed by atoms with E-state index in [4.69, 9.17) is 4.74 Å². The van der Waals surface area contributed by atoms with Gasteiger partial charge in [-0.1, -0.05) is 48.5 Å². The summed E-state index contributed by atoms with van der Waals surface area (Å²) in [6.45, 7) is 3.90. The lowest BCUT2D eigenvalue weighted by molar-refractivity contribution is -0.139. The van der Waals surface area contributed by atoms with Gasteiger partial charge >= 0.3 is 12.1 Å². The van der Waals surface area contributed by atoms with Gasteiger partial charge in [0.1, 0.15) is 12.6 Å². The highest BCUT2D eigenvalue weighted by Crippen LogP contribution is 2.44. The van der Waals surface area contributed by atoms with Crippen LogP contribution in [0.25, 0.3) is 11.1 Å². The number of nitrogens with zero attached hydrogens (tertiary/aromatic N) is 1. The van der Waals surface area contributed by atoms with Crippen LogP contribution in [0, 0.1) is 13.8 Å². The molecule has 9 heteroatoms. The van der Waals surface area contributed by atoms with Crippen LogP contribution >= 0.6 is 0 Å². The molecule has 2 aromatic carbocycles. The zero-order valence-electron chi connectivity index (χ0n) is 18.9. The van der Waals surface area contributed by atoms with Gasteiger partial charge in [-0.3, -0.25) is 14.7 Å². The first kappa shape index (κ1) is 23.0. The van der Waals surface area contributed by atoms with E-state index in [0.29, 0.717) is 5.69 Å². The van der Waals surface area contributed by atoms with Crippen molar-refractivity contribution in [1.82, 2.24) is 20.8 Å². The molecule has 1 unspecified atom stereocenters. The van der Waals surface area contributed by atoms with E-state index in [9.17, 15) is 19.5 Å². The maximum absolute atomic E-state index is 12.6. The van der Waals surface area contributed by atoms with E-state index in [-0.39, 0.29) is 19.1 Å². The fourth-order valence-electron chi connectivity index (χ4n) is 4.17. The number of hydrogen-bond acceptors (Lipinski definition) is 5. The van der Waals surface area contributed by atoms with Gasteiger partial charge < -0.3 is 20.5 Å². The molecule has 1 atom stereocenters. The lowest BCUT2D eigenvalue weighted by Crippen LogP contribution is -2.48. The van der Waals surface area contributed by atoms with Crippen LogP contribution in [0.1, 0.15) is 40.4 Å². The number of fused-ring (bicyclic) bond motifs is 3. The molecule has 1 aliphatic rings. The number of aliphatic carboxylic acids is 1. The summed E-state index contributed by atoms with van der Waals surface area (Å²) >= 11 is 0. The molecule has 3 aromatic rings. The average Bonchev–Trinajstić information content (AvgIpc) is 3.32. The number of aromatic nitrogens is 2. The third-order valence-corrected chi connectivity index (χ3v) is 6.11. The maximum atomic E-state index is 12.6. The lowest BCUT2D eigenvalue weighted by atomic mass is 9.98. The van der Waals surface area contributed by atoms with Gasteiger partial charge in [0.25, 0.3) is 0 Å². The summed E-state index contributed by atoms with van der Waals surface area (Å²) in [6.07, 6.45) is -1.43. The van der Waals surface area contributed by atoms with Crippen LogP contribution in [0.15, 0.2) is 48.5 Å². The maximum Gasteiger partial charge on any atom is 0.407 e. The number of benzene rings is 2. The number of H-pyrrole nitrogens is 1. The zero-order valence-corrected chi connectivity index (χ0v) is 18.9. The first-order chi connectivity index (χ1) is 16.3. The van der Waals surface area contributed by atoms with Gasteiger partial charge in [0.05, 0.1) is 18.7 Å². The quantitative estimate of drug-likeness (QED) is 0.407. The van der Waals surface area contributed by atoms with Crippen molar-refractivity contribution in [3.8, 4) is 11.1 Å². The van der Waals surface area contributed by atoms with E-state index in [1.807, 2.05) is 62.4 Å². The molecule has 4 rings (SSSR count). The predicted molar refractivity (Wildman–Crippen MR) is 124 cm³/mol. The molecule has 9 nitrogen and oxygen atoms in total. The van der Waals surface area contributed by atoms with Crippen molar-refractivity contribution in [2.75, 3.05) is 6.61 Å². The highest BCUT2D eigenvalue weighted by atomic mass is 16.5. The third-order valence-electron chi connectivity index (χ3n) is 6.11. The van der Waals surface area contributed by atoms with Gasteiger partial charge in [-0.2, -0.15) is 5.10 Å². The van der Waals surface area contributed by atoms with Gasteiger partial charge in [-0.15, -0.1) is 0 Å². The number of aryl methyl sites for hydroxylation is 1. The average molecular weight is 463 g/mol. The summed E-state index contributed by atoms with van der Waals surface area (Å²) in [5.74, 6) is -1.99. The van der Waals surface area contributed by atoms with Crippen LogP contribution in [-0.2, 0) is 20.9 Å². The summed E-state index contributed by atoms with van der Waals surface area (Å²) < 4.78 is 5.45. The number of carboxylic acid groups (broad SMARTS) is 1. The SMILES string of the molecule is Cc1[nH]nc(CNC(=O)C(CC(=O)O)NC(=O)OCC2c3ccccc3-c3ccccc32)c1C. The molecule has 4 N–H and O–H groups in total. The summed E-state index contributed by atoms with van der Waals surface area (Å²) in [5.41, 5.74) is 6.73. The Hall–Kier alpha value is -4.14. The summed E-state index contributed by atoms with van der Waals surface area (Å²) in [6, 6.07) is 14.6. The van der Waals surface area contributed by atoms with Gasteiger partial charge in [0, 0.05) is 11.6 Å². The molecule has 0 radical (unpaired) electrons. The van der Waals surface area contributed by atoms with Gasteiger partial charge in [-0.25, -0.2) is 4.79 Å². The Morgan fingerprint density at radius 2 is 1.68 bits per heavy atom. The lowest BCUT2D eigenvalue weighted by Gasteiger charge is -2.18. The minimum atomic E-state index is -1.28. The Morgan fingerprint density at radius 1 is 1.06 bits per heavy atom. The second-order valence-corrected chi connectivity index (χ2v) is 8.26. The smallest absolute Gasteiger partial charge is 0.407 e. The molecule has 1 aliphatic carbocycles. The molecular weight excluding hydrogens is 436 g/mol. The van der Waals surface area contributed by atoms with Crippen molar-refractivity contribution in [2.24, 2.45) is 0 Å². The predicted octanol–water partition coefficient (Wildman–Crippen LogP) is 3.02. The Kier molecular flexibility index (Phi) is 6.62. The van der Waals surface area contributed by atoms with E-state index in [2.05, 4.69) is 20.8 Å². The highest BCUT2D eigenvalue weighted by molar-refractivity contribution is 5.89. The number of carbonyl (C=O) groups excluding carboxylic acids is 2. The Bertz CT molecular complexity index is 1190. The molecule has 2 amide bonds. The third kappa shape index (κ3) is 4.78. The number of amides is 2. The fourth-order valence-corrected chi connectivity index (χ4v) is 4.17. The molecule has 0 fully saturated rings. The minimum Gasteiger partial charge on any atom is -0.481 e. The molecule has 0 saturated heterocycles. The Morgan fingerprint density at radius 3 is 2.24 bits per heavy atom. The van der Waals surface area contributed by atoms with Crippen LogP contribution in [0.4, 0.5) is 4.79 Å². The summed E-state index contributed by atoms with van der Waals surface area (Å²) in [4.78, 5) is 36.4. The Balaban J connectivity index is 1.39. The van der Waals surface area contributed by atoms with E-state index in [0.717, 1.165) is 33.5 Å². The van der Waals surface area contributed by atoms with Crippen molar-refractivity contribution < 1.29 is 24.2 Å². The number of carboxylic acids is 1. The van der Waals surface area contributed by atoms with Gasteiger partial charge in [-0.05, 0) is 41.7 Å². The molecule has 1 heterocycles. The number of ether oxygens (including phenoxy) is 1. The Labute approximate surface area is 196 Å². The minimum absolute atomic E-state index is 0.0625. The van der Waals surface area contributed by atoms with Crippen molar-refractivity contribution in [3.63, 3.8) is 0 Å². The first-order valence-corrected chi connectivity index (χ1v) is 11.0.